The van der Waals surface area contributed by atoms with E-state index in [4.69, 9.17) is 4.74 Å². The Hall–Kier alpha value is -1.91. The first-order valence-electron chi connectivity index (χ1n) is 5.56. The molecule has 1 aromatic heterocycles. The molecule has 5 heteroatoms. The lowest BCUT2D eigenvalue weighted by atomic mass is 9.97. The van der Waals surface area contributed by atoms with Crippen LogP contribution in [0.4, 0.5) is 5.82 Å². The SMILES string of the molecule is C[C@@]1(C(=O)CNc2cccc[nH+]2)CCC(=O)O1. The lowest BCUT2D eigenvalue weighted by Gasteiger charge is -2.19. The fourth-order valence-corrected chi connectivity index (χ4v) is 1.76. The number of hydrogen-bond donors (Lipinski definition) is 1. The van der Waals surface area contributed by atoms with Crippen molar-refractivity contribution in [3.63, 3.8) is 0 Å². The summed E-state index contributed by atoms with van der Waals surface area (Å²) in [5.74, 6) is 0.349. The Labute approximate surface area is 99.2 Å². The second-order valence-corrected chi connectivity index (χ2v) is 4.26. The van der Waals surface area contributed by atoms with Gasteiger partial charge in [0.25, 0.3) is 5.82 Å². The lowest BCUT2D eigenvalue weighted by molar-refractivity contribution is -0.361. The zero-order chi connectivity index (χ0) is 12.3. The lowest BCUT2D eigenvalue weighted by Crippen LogP contribution is -2.39. The number of hydrogen-bond acceptors (Lipinski definition) is 4. The molecule has 0 aromatic carbocycles. The van der Waals surface area contributed by atoms with E-state index in [9.17, 15) is 9.59 Å². The maximum atomic E-state index is 11.9. The van der Waals surface area contributed by atoms with Gasteiger partial charge in [-0.2, -0.15) is 0 Å². The average molecular weight is 235 g/mol. The first-order valence-corrected chi connectivity index (χ1v) is 5.56. The van der Waals surface area contributed by atoms with Crippen molar-refractivity contribution in [1.82, 2.24) is 0 Å². The summed E-state index contributed by atoms with van der Waals surface area (Å²) >= 11 is 0. The molecule has 1 saturated heterocycles. The van der Waals surface area contributed by atoms with E-state index in [2.05, 4.69) is 10.3 Å². The van der Waals surface area contributed by atoms with Gasteiger partial charge < -0.3 is 4.74 Å². The standard InChI is InChI=1S/C12H14N2O3/c1-12(6-5-11(16)17-12)9(15)8-14-10-4-2-3-7-13-10/h2-4,7H,5-6,8H2,1H3,(H,13,14)/p+1/t12-/m0/s1. The van der Waals surface area contributed by atoms with E-state index in [1.165, 1.54) is 0 Å². The third kappa shape index (κ3) is 2.61. The van der Waals surface area contributed by atoms with E-state index >= 15 is 0 Å². The number of rotatable bonds is 4. The molecule has 1 aromatic rings. The first-order chi connectivity index (χ1) is 8.10. The van der Waals surface area contributed by atoms with Crippen LogP contribution in [0.3, 0.4) is 0 Å². The van der Waals surface area contributed by atoms with E-state index in [1.54, 1.807) is 13.1 Å². The number of nitrogens with one attached hydrogen (secondary N) is 2. The fourth-order valence-electron chi connectivity index (χ4n) is 1.76. The number of ketones is 1. The van der Waals surface area contributed by atoms with Crippen LogP contribution in [-0.4, -0.2) is 23.9 Å². The topological polar surface area (TPSA) is 69.5 Å². The summed E-state index contributed by atoms with van der Waals surface area (Å²) in [6.07, 6.45) is 2.55. The molecule has 1 aliphatic heterocycles. The normalized spacial score (nSPS) is 23.2. The number of cyclic esters (lactones) is 1. The van der Waals surface area contributed by atoms with Crippen LogP contribution in [0.25, 0.3) is 0 Å². The van der Waals surface area contributed by atoms with Crippen molar-refractivity contribution in [2.75, 3.05) is 11.9 Å². The number of ether oxygens (including phenoxy) is 1. The minimum atomic E-state index is -0.959. The van der Waals surface area contributed by atoms with Crippen molar-refractivity contribution in [2.45, 2.75) is 25.4 Å². The summed E-state index contributed by atoms with van der Waals surface area (Å²) in [5.41, 5.74) is -0.959. The predicted molar refractivity (Wildman–Crippen MR) is 60.2 cm³/mol. The van der Waals surface area contributed by atoms with Crippen molar-refractivity contribution in [2.24, 2.45) is 0 Å². The van der Waals surface area contributed by atoms with Crippen LogP contribution in [0, 0.1) is 0 Å². The molecule has 1 aliphatic rings. The number of aromatic nitrogens is 1. The third-order valence-electron chi connectivity index (χ3n) is 2.88. The van der Waals surface area contributed by atoms with E-state index in [0.717, 1.165) is 5.82 Å². The Bertz CT molecular complexity index is 433. The van der Waals surface area contributed by atoms with Crippen LogP contribution in [0.2, 0.25) is 0 Å². The van der Waals surface area contributed by atoms with Crippen LogP contribution in [-0.2, 0) is 14.3 Å². The van der Waals surface area contributed by atoms with Gasteiger partial charge in [-0.1, -0.05) is 6.07 Å². The molecule has 2 rings (SSSR count). The molecule has 2 N–H and O–H groups in total. The molecular formula is C12H15N2O3+. The summed E-state index contributed by atoms with van der Waals surface area (Å²) in [6.45, 7) is 1.81. The maximum absolute atomic E-state index is 11.9. The highest BCUT2D eigenvalue weighted by Crippen LogP contribution is 2.26. The van der Waals surface area contributed by atoms with Crippen molar-refractivity contribution >= 4 is 17.6 Å². The van der Waals surface area contributed by atoms with E-state index < -0.39 is 5.60 Å². The second kappa shape index (κ2) is 4.53. The van der Waals surface area contributed by atoms with Gasteiger partial charge >= 0.3 is 5.97 Å². The fraction of sp³-hybridized carbons (Fsp3) is 0.417. The molecule has 90 valence electrons. The highest BCUT2D eigenvalue weighted by atomic mass is 16.6. The van der Waals surface area contributed by atoms with Gasteiger partial charge in [0.2, 0.25) is 5.78 Å². The molecule has 0 unspecified atom stereocenters. The summed E-state index contributed by atoms with van der Waals surface area (Å²) in [7, 11) is 0. The molecule has 0 radical (unpaired) electrons. The molecule has 0 saturated carbocycles. The van der Waals surface area contributed by atoms with Crippen LogP contribution >= 0.6 is 0 Å². The number of carbonyl (C=O) groups excluding carboxylic acids is 2. The van der Waals surface area contributed by atoms with Gasteiger partial charge in [-0.3, -0.25) is 14.9 Å². The molecule has 17 heavy (non-hydrogen) atoms. The molecule has 0 bridgehead atoms. The monoisotopic (exact) mass is 235 g/mol. The Morgan fingerprint density at radius 1 is 1.59 bits per heavy atom. The third-order valence-corrected chi connectivity index (χ3v) is 2.88. The van der Waals surface area contributed by atoms with Crippen LogP contribution in [0.5, 0.6) is 0 Å². The largest absolute Gasteiger partial charge is 0.451 e. The van der Waals surface area contributed by atoms with Gasteiger partial charge in [0.1, 0.15) is 6.54 Å². The predicted octanol–water partition coefficient (Wildman–Crippen LogP) is 0.577. The minimum Gasteiger partial charge on any atom is -0.451 e. The molecule has 2 heterocycles. The van der Waals surface area contributed by atoms with Crippen molar-refractivity contribution in [3.8, 4) is 0 Å². The molecule has 1 atom stereocenters. The Kier molecular flexibility index (Phi) is 3.08. The molecular weight excluding hydrogens is 220 g/mol. The van der Waals surface area contributed by atoms with Gasteiger partial charge in [0.05, 0.1) is 6.20 Å². The Balaban J connectivity index is 1.92. The Morgan fingerprint density at radius 3 is 3.00 bits per heavy atom. The van der Waals surface area contributed by atoms with Gasteiger partial charge in [0, 0.05) is 18.9 Å². The van der Waals surface area contributed by atoms with Gasteiger partial charge in [0.15, 0.2) is 5.60 Å². The first kappa shape index (κ1) is 11.6. The number of aromatic amines is 1. The quantitative estimate of drug-likeness (QED) is 0.775. The molecule has 0 spiro atoms. The van der Waals surface area contributed by atoms with E-state index in [0.29, 0.717) is 12.8 Å². The summed E-state index contributed by atoms with van der Waals surface area (Å²) in [4.78, 5) is 25.9. The number of carbonyl (C=O) groups is 2. The van der Waals surface area contributed by atoms with Crippen LogP contribution < -0.4 is 10.3 Å². The van der Waals surface area contributed by atoms with Crippen LogP contribution in [0.15, 0.2) is 24.4 Å². The van der Waals surface area contributed by atoms with E-state index in [-0.39, 0.29) is 18.3 Å². The molecule has 0 aliphatic carbocycles. The van der Waals surface area contributed by atoms with Gasteiger partial charge in [-0.25, -0.2) is 4.98 Å². The zero-order valence-electron chi connectivity index (χ0n) is 9.66. The van der Waals surface area contributed by atoms with Gasteiger partial charge in [-0.05, 0) is 13.0 Å². The number of H-pyrrole nitrogens is 1. The van der Waals surface area contributed by atoms with Crippen molar-refractivity contribution in [3.05, 3.63) is 24.4 Å². The second-order valence-electron chi connectivity index (χ2n) is 4.26. The highest BCUT2D eigenvalue weighted by Gasteiger charge is 2.42. The number of pyridine rings is 1. The summed E-state index contributed by atoms with van der Waals surface area (Å²) in [5, 5.41) is 2.96. The number of Topliss-reactive ketones (excluding diaryl/α,β-unsaturated/α-hetero) is 1. The van der Waals surface area contributed by atoms with Crippen LogP contribution in [0.1, 0.15) is 19.8 Å². The number of anilines is 1. The minimum absolute atomic E-state index is 0.111. The maximum Gasteiger partial charge on any atom is 0.306 e. The average Bonchev–Trinajstić information content (AvgIpc) is 2.69. The van der Waals surface area contributed by atoms with Gasteiger partial charge in [-0.15, -0.1) is 0 Å². The molecule has 5 nitrogen and oxygen atoms in total. The molecule has 1 fully saturated rings. The summed E-state index contributed by atoms with van der Waals surface area (Å²) < 4.78 is 5.06. The molecule has 0 amide bonds. The van der Waals surface area contributed by atoms with Crippen molar-refractivity contribution < 1.29 is 19.3 Å². The zero-order valence-corrected chi connectivity index (χ0v) is 9.66. The highest BCUT2D eigenvalue weighted by molar-refractivity contribution is 5.94. The summed E-state index contributed by atoms with van der Waals surface area (Å²) in [6, 6.07) is 5.55. The smallest absolute Gasteiger partial charge is 0.306 e. The van der Waals surface area contributed by atoms with E-state index in [1.807, 2.05) is 18.2 Å². The number of esters is 1. The Morgan fingerprint density at radius 2 is 2.41 bits per heavy atom. The van der Waals surface area contributed by atoms with Crippen molar-refractivity contribution in [1.29, 1.82) is 0 Å².